The Morgan fingerprint density at radius 3 is 1.60 bits per heavy atom. The maximum Gasteiger partial charge on any atom is 2.00 e. The Bertz CT molecular complexity index is 1120. The van der Waals surface area contributed by atoms with Crippen molar-refractivity contribution in [2.75, 3.05) is 4.90 Å². The molecular weight excluding hydrogens is 553 g/mol. The van der Waals surface area contributed by atoms with E-state index >= 15 is 0 Å². The number of hydrogen-bond donors (Lipinski definition) is 0. The molecule has 0 fully saturated rings. The van der Waals surface area contributed by atoms with Gasteiger partial charge >= 0.3 is 21.1 Å². The number of anilines is 3. The van der Waals surface area contributed by atoms with Gasteiger partial charge in [0.15, 0.2) is 0 Å². The molecule has 0 saturated carbocycles. The Morgan fingerprint density at radius 1 is 0.600 bits per heavy atom. The van der Waals surface area contributed by atoms with Crippen molar-refractivity contribution >= 4 is 17.3 Å². The first-order valence-electron chi connectivity index (χ1n) is 9.29. The van der Waals surface area contributed by atoms with Gasteiger partial charge in [-0.3, -0.25) is 14.9 Å². The molecular formula is C24H17N5Pt. The maximum absolute atomic E-state index is 4.86. The van der Waals surface area contributed by atoms with Crippen LogP contribution in [0.3, 0.4) is 0 Å². The van der Waals surface area contributed by atoms with Crippen molar-refractivity contribution < 1.29 is 21.1 Å². The molecule has 5 rings (SSSR count). The van der Waals surface area contributed by atoms with E-state index in [9.17, 15) is 0 Å². The number of rotatable bonds is 5. The zero-order valence-electron chi connectivity index (χ0n) is 15.9. The fourth-order valence-electron chi connectivity index (χ4n) is 3.18. The summed E-state index contributed by atoms with van der Waals surface area (Å²) in [5, 5.41) is 0. The third-order valence-electron chi connectivity index (χ3n) is 4.50. The summed E-state index contributed by atoms with van der Waals surface area (Å²) in [6.45, 7) is 0. The standard InChI is InChI=1S/C24H17N5.Pt/c1-2-10-20(11-3-1)29(23-14-8-12-21(25-23)27-16-4-5-17-27)24-15-9-13-22(26-24)28-18-6-7-19-28;/h1-16,18H;/q-2;+2. The molecule has 5 aromatic rings. The molecule has 0 bridgehead atoms. The number of aromatic nitrogens is 4. The van der Waals surface area contributed by atoms with Crippen molar-refractivity contribution in [3.8, 4) is 11.6 Å². The summed E-state index contributed by atoms with van der Waals surface area (Å²) in [5.41, 5.74) is 0.981. The van der Waals surface area contributed by atoms with Crippen molar-refractivity contribution in [3.63, 3.8) is 0 Å². The van der Waals surface area contributed by atoms with Gasteiger partial charge in [-0.15, -0.1) is 24.5 Å². The van der Waals surface area contributed by atoms with E-state index in [4.69, 9.17) is 9.97 Å². The summed E-state index contributed by atoms with van der Waals surface area (Å²) in [6.07, 6.45) is 10.1. The average molecular weight is 571 g/mol. The molecule has 0 N–H and O–H groups in total. The SMILES string of the molecule is [Pt+2].[c-]1cccn1-c1cccc(N(c2ccccc2)c2cccc(-n3[c-]ccc3)n2)n1. The molecule has 0 amide bonds. The zero-order valence-corrected chi connectivity index (χ0v) is 18.1. The molecule has 4 aromatic heterocycles. The Kier molecular flexibility index (Phi) is 5.91. The summed E-state index contributed by atoms with van der Waals surface area (Å²) in [7, 11) is 0. The van der Waals surface area contributed by atoms with Crippen LogP contribution >= 0.6 is 0 Å². The van der Waals surface area contributed by atoms with Crippen LogP contribution < -0.4 is 4.90 Å². The van der Waals surface area contributed by atoms with E-state index in [1.54, 1.807) is 0 Å². The molecule has 5 nitrogen and oxygen atoms in total. The minimum Gasteiger partial charge on any atom is -0.436 e. The third kappa shape index (κ3) is 3.98. The molecule has 148 valence electrons. The fourth-order valence-corrected chi connectivity index (χ4v) is 3.18. The van der Waals surface area contributed by atoms with Gasteiger partial charge in [0.25, 0.3) is 0 Å². The van der Waals surface area contributed by atoms with Crippen LogP contribution in [0.25, 0.3) is 11.6 Å². The van der Waals surface area contributed by atoms with Crippen LogP contribution in [0.5, 0.6) is 0 Å². The molecule has 0 aliphatic heterocycles. The number of hydrogen-bond acceptors (Lipinski definition) is 3. The maximum atomic E-state index is 4.86. The molecule has 6 heteroatoms. The van der Waals surface area contributed by atoms with Crippen LogP contribution in [0, 0.1) is 12.4 Å². The van der Waals surface area contributed by atoms with Crippen LogP contribution in [0.2, 0.25) is 0 Å². The van der Waals surface area contributed by atoms with E-state index in [0.717, 1.165) is 29.0 Å². The molecule has 0 radical (unpaired) electrons. The minimum absolute atomic E-state index is 0. The number of pyridine rings is 2. The predicted octanol–water partition coefficient (Wildman–Crippen LogP) is 5.13. The Hall–Kier alpha value is -3.43. The van der Waals surface area contributed by atoms with Crippen LogP contribution in [-0.2, 0) is 21.1 Å². The molecule has 0 atom stereocenters. The second-order valence-electron chi connectivity index (χ2n) is 6.39. The quantitative estimate of drug-likeness (QED) is 0.275. The van der Waals surface area contributed by atoms with Gasteiger partial charge in [-0.25, -0.2) is 0 Å². The van der Waals surface area contributed by atoms with Gasteiger partial charge < -0.3 is 9.13 Å². The topological polar surface area (TPSA) is 38.9 Å². The number of nitrogens with zero attached hydrogens (tertiary/aromatic N) is 5. The number of para-hydroxylation sites is 1. The van der Waals surface area contributed by atoms with Gasteiger partial charge in [0.05, 0.1) is 11.6 Å². The summed E-state index contributed by atoms with van der Waals surface area (Å²) in [6, 6.07) is 29.6. The van der Waals surface area contributed by atoms with Crippen LogP contribution in [-0.4, -0.2) is 19.1 Å². The molecule has 0 aliphatic rings. The molecule has 30 heavy (non-hydrogen) atoms. The molecule has 0 spiro atoms. The van der Waals surface area contributed by atoms with Gasteiger partial charge in [0.2, 0.25) is 0 Å². The third-order valence-corrected chi connectivity index (χ3v) is 4.50. The van der Waals surface area contributed by atoms with Crippen LogP contribution in [0.1, 0.15) is 0 Å². The fraction of sp³-hybridized carbons (Fsp3) is 0. The van der Waals surface area contributed by atoms with E-state index in [2.05, 4.69) is 12.4 Å². The first kappa shape index (κ1) is 19.9. The molecule has 0 saturated heterocycles. The van der Waals surface area contributed by atoms with E-state index in [0.29, 0.717) is 0 Å². The summed E-state index contributed by atoms with van der Waals surface area (Å²) in [5.74, 6) is 3.14. The molecule has 0 aliphatic carbocycles. The van der Waals surface area contributed by atoms with E-state index in [1.807, 2.05) is 117 Å². The smallest absolute Gasteiger partial charge is 0.436 e. The van der Waals surface area contributed by atoms with Gasteiger partial charge in [-0.1, -0.05) is 54.9 Å². The van der Waals surface area contributed by atoms with Gasteiger partial charge in [0.1, 0.15) is 11.6 Å². The summed E-state index contributed by atoms with van der Waals surface area (Å²) in [4.78, 5) is 11.8. The van der Waals surface area contributed by atoms with E-state index in [1.165, 1.54) is 0 Å². The minimum atomic E-state index is 0. The second-order valence-corrected chi connectivity index (χ2v) is 6.39. The Labute approximate surface area is 189 Å². The van der Waals surface area contributed by atoms with Crippen LogP contribution in [0.4, 0.5) is 17.3 Å². The van der Waals surface area contributed by atoms with Crippen molar-refractivity contribution in [1.82, 2.24) is 19.1 Å². The summed E-state index contributed by atoms with van der Waals surface area (Å²) < 4.78 is 3.73. The predicted molar refractivity (Wildman–Crippen MR) is 113 cm³/mol. The first-order chi connectivity index (χ1) is 14.4. The normalized spacial score (nSPS) is 10.4. The average Bonchev–Trinajstić information content (AvgIpc) is 3.50. The monoisotopic (exact) mass is 570 g/mol. The number of benzene rings is 1. The molecule has 0 unspecified atom stereocenters. The Morgan fingerprint density at radius 2 is 1.13 bits per heavy atom. The molecule has 4 heterocycles. The zero-order chi connectivity index (χ0) is 19.5. The van der Waals surface area contributed by atoms with Gasteiger partial charge in [-0.05, 0) is 24.3 Å². The van der Waals surface area contributed by atoms with Crippen molar-refractivity contribution in [2.24, 2.45) is 0 Å². The molecule has 1 aromatic carbocycles. The largest absolute Gasteiger partial charge is 2.00 e. The van der Waals surface area contributed by atoms with Gasteiger partial charge in [-0.2, -0.15) is 12.1 Å². The van der Waals surface area contributed by atoms with Crippen LogP contribution in [0.15, 0.2) is 103 Å². The summed E-state index contributed by atoms with van der Waals surface area (Å²) >= 11 is 0. The van der Waals surface area contributed by atoms with Gasteiger partial charge in [0, 0.05) is 5.69 Å². The van der Waals surface area contributed by atoms with E-state index < -0.39 is 0 Å². The first-order valence-corrected chi connectivity index (χ1v) is 9.29. The second kappa shape index (κ2) is 8.93. The van der Waals surface area contributed by atoms with Crippen molar-refractivity contribution in [3.05, 3.63) is 116 Å². The van der Waals surface area contributed by atoms with Crippen molar-refractivity contribution in [1.29, 1.82) is 0 Å². The Balaban J connectivity index is 0.00000218. The van der Waals surface area contributed by atoms with E-state index in [-0.39, 0.29) is 21.1 Å². The van der Waals surface area contributed by atoms with Crippen molar-refractivity contribution in [2.45, 2.75) is 0 Å².